The molecule has 1 saturated heterocycles. The molecule has 0 aliphatic carbocycles. The molecule has 0 spiro atoms. The molecule has 0 amide bonds. The van der Waals surface area contributed by atoms with E-state index in [4.69, 9.17) is 18.9 Å². The van der Waals surface area contributed by atoms with E-state index in [1.807, 2.05) is 6.08 Å². The van der Waals surface area contributed by atoms with Gasteiger partial charge >= 0.3 is 11.9 Å². The van der Waals surface area contributed by atoms with Crippen molar-refractivity contribution in [1.29, 1.82) is 0 Å². The summed E-state index contributed by atoms with van der Waals surface area (Å²) in [5.41, 5.74) is 0. The molecule has 0 aromatic heterocycles. The van der Waals surface area contributed by atoms with E-state index in [0.717, 1.165) is 64.2 Å². The summed E-state index contributed by atoms with van der Waals surface area (Å²) in [4.78, 5) is 25.4. The number of esters is 2. The number of rotatable bonds is 36. The fourth-order valence-corrected chi connectivity index (χ4v) is 7.04. The topological polar surface area (TPSA) is 186 Å². The van der Waals surface area contributed by atoms with E-state index in [1.165, 1.54) is 57.8 Å². The van der Waals surface area contributed by atoms with Gasteiger partial charge in [-0.2, -0.15) is 8.42 Å². The number of carbonyl (C=O) groups excluding carboxylic acids is 2. The van der Waals surface area contributed by atoms with Crippen molar-refractivity contribution in [1.82, 2.24) is 0 Å². The van der Waals surface area contributed by atoms with Crippen molar-refractivity contribution in [2.45, 2.75) is 191 Å². The minimum Gasteiger partial charge on any atom is -0.462 e. The number of carbonyl (C=O) groups is 2. The van der Waals surface area contributed by atoms with Crippen molar-refractivity contribution >= 4 is 22.1 Å². The smallest absolute Gasteiger partial charge is 0.306 e. The van der Waals surface area contributed by atoms with Gasteiger partial charge < -0.3 is 34.3 Å². The van der Waals surface area contributed by atoms with Gasteiger partial charge in [0.25, 0.3) is 10.1 Å². The van der Waals surface area contributed by atoms with Crippen molar-refractivity contribution in [2.75, 3.05) is 19.0 Å². The lowest BCUT2D eigenvalue weighted by Crippen LogP contribution is -2.60. The molecule has 4 N–H and O–H groups in total. The molecule has 1 fully saturated rings. The van der Waals surface area contributed by atoms with E-state index < -0.39 is 71.2 Å². The Morgan fingerprint density at radius 2 is 1.12 bits per heavy atom. The van der Waals surface area contributed by atoms with Crippen molar-refractivity contribution in [2.24, 2.45) is 0 Å². The van der Waals surface area contributed by atoms with E-state index in [-0.39, 0.29) is 19.4 Å². The van der Waals surface area contributed by atoms with Crippen LogP contribution in [0.5, 0.6) is 0 Å². The molecule has 1 heterocycles. The molecular formula is C45H76O12S. The van der Waals surface area contributed by atoms with Gasteiger partial charge in [-0.1, -0.05) is 132 Å². The molecule has 0 saturated carbocycles. The van der Waals surface area contributed by atoms with Gasteiger partial charge in [0.1, 0.15) is 36.8 Å². The molecule has 6 atom stereocenters. The van der Waals surface area contributed by atoms with Gasteiger partial charge in [0.15, 0.2) is 12.4 Å². The summed E-state index contributed by atoms with van der Waals surface area (Å²) in [6.45, 7) is 5.12. The Labute approximate surface area is 349 Å². The van der Waals surface area contributed by atoms with Crippen LogP contribution < -0.4 is 0 Å². The van der Waals surface area contributed by atoms with Crippen LogP contribution in [0.1, 0.15) is 155 Å². The van der Waals surface area contributed by atoms with E-state index in [2.05, 4.69) is 62.1 Å². The first-order valence-electron chi connectivity index (χ1n) is 21.8. The van der Waals surface area contributed by atoms with Gasteiger partial charge in [-0.3, -0.25) is 14.1 Å². The zero-order valence-electron chi connectivity index (χ0n) is 35.2. The molecule has 12 nitrogen and oxygen atoms in total. The third-order valence-electron chi connectivity index (χ3n) is 9.73. The van der Waals surface area contributed by atoms with Crippen molar-refractivity contribution in [3.63, 3.8) is 0 Å². The van der Waals surface area contributed by atoms with Crippen LogP contribution in [0.3, 0.4) is 0 Å². The van der Waals surface area contributed by atoms with Crippen LogP contribution >= 0.6 is 0 Å². The zero-order valence-corrected chi connectivity index (χ0v) is 36.0. The summed E-state index contributed by atoms with van der Waals surface area (Å²) < 4.78 is 54.0. The molecular weight excluding hydrogens is 765 g/mol. The number of allylic oxidation sites excluding steroid dienone is 9. The maximum atomic E-state index is 12.8. The Balaban J connectivity index is 2.49. The lowest BCUT2D eigenvalue weighted by Gasteiger charge is -2.40. The number of aliphatic hydroxyl groups excluding tert-OH is 3. The Morgan fingerprint density at radius 1 is 0.638 bits per heavy atom. The van der Waals surface area contributed by atoms with E-state index >= 15 is 0 Å². The lowest BCUT2D eigenvalue weighted by molar-refractivity contribution is -0.297. The summed E-state index contributed by atoms with van der Waals surface area (Å²) in [7, 11) is -4.61. The predicted octanol–water partition coefficient (Wildman–Crippen LogP) is 8.56. The summed E-state index contributed by atoms with van der Waals surface area (Å²) >= 11 is 0. The maximum absolute atomic E-state index is 12.8. The average molecular weight is 841 g/mol. The van der Waals surface area contributed by atoms with Crippen LogP contribution in [-0.4, -0.2) is 96.0 Å². The standard InChI is InChI=1S/C45H76O12S/c1-3-5-7-9-11-13-15-17-19-21-23-25-27-29-31-33-40(46)54-35-38(36-55-45-44(50)43(49)42(48)39(57-45)37-58(51,52)53)56-41(47)34-32-30-28-26-24-22-20-18-16-14-12-10-8-6-4-2/h3,6,8,12,14,18,20,24,26,38-39,42-45,48-50H,1,4-5,7,9-11,13,15-17,19,21-23,25,27-37H2,2H3,(H,51,52,53)/b8-6+,14-12+,20-18+,26-24+/t38-,39-,42-,43?,44?,45+/m1/s1. The minimum absolute atomic E-state index is 0.109. The van der Waals surface area contributed by atoms with E-state index in [9.17, 15) is 37.9 Å². The second-order valence-electron chi connectivity index (χ2n) is 15.1. The summed E-state index contributed by atoms with van der Waals surface area (Å²) in [5.74, 6) is -2.05. The summed E-state index contributed by atoms with van der Waals surface area (Å²) in [6.07, 6.45) is 31.6. The van der Waals surface area contributed by atoms with Gasteiger partial charge in [0, 0.05) is 12.8 Å². The highest BCUT2D eigenvalue weighted by molar-refractivity contribution is 7.85. The first-order valence-corrected chi connectivity index (χ1v) is 23.4. The number of hydrogen-bond acceptors (Lipinski definition) is 11. The first-order chi connectivity index (χ1) is 28.0. The number of ether oxygens (including phenoxy) is 4. The Bertz CT molecular complexity index is 1290. The highest BCUT2D eigenvalue weighted by atomic mass is 32.2. The normalized spacial score (nSPS) is 20.7. The van der Waals surface area contributed by atoms with Gasteiger partial charge in [-0.15, -0.1) is 6.58 Å². The molecule has 334 valence electrons. The third kappa shape index (κ3) is 29.5. The number of hydrogen-bond donors (Lipinski definition) is 4. The largest absolute Gasteiger partial charge is 0.462 e. The second-order valence-corrected chi connectivity index (χ2v) is 16.6. The van der Waals surface area contributed by atoms with E-state index in [1.54, 1.807) is 0 Å². The fraction of sp³-hybridized carbons (Fsp3) is 0.733. The van der Waals surface area contributed by atoms with Gasteiger partial charge in [0.2, 0.25) is 0 Å². The van der Waals surface area contributed by atoms with Crippen LogP contribution in [0.15, 0.2) is 61.3 Å². The minimum atomic E-state index is -4.61. The number of aliphatic hydroxyl groups is 3. The average Bonchev–Trinajstić information content (AvgIpc) is 3.18. The van der Waals surface area contributed by atoms with Crippen molar-refractivity contribution in [3.05, 3.63) is 61.3 Å². The molecule has 0 bridgehead atoms. The highest BCUT2D eigenvalue weighted by Crippen LogP contribution is 2.24. The highest BCUT2D eigenvalue weighted by Gasteiger charge is 2.46. The summed E-state index contributed by atoms with van der Waals surface area (Å²) in [6, 6.07) is 0. The van der Waals surface area contributed by atoms with Gasteiger partial charge in [0.05, 0.1) is 6.61 Å². The van der Waals surface area contributed by atoms with Crippen molar-refractivity contribution < 1.29 is 56.8 Å². The van der Waals surface area contributed by atoms with E-state index in [0.29, 0.717) is 12.8 Å². The Morgan fingerprint density at radius 3 is 1.67 bits per heavy atom. The molecule has 0 aromatic carbocycles. The zero-order chi connectivity index (χ0) is 42.7. The molecule has 13 heteroatoms. The second kappa shape index (κ2) is 35.1. The maximum Gasteiger partial charge on any atom is 0.306 e. The lowest BCUT2D eigenvalue weighted by atomic mass is 10.00. The molecule has 1 aliphatic rings. The third-order valence-corrected chi connectivity index (χ3v) is 10.5. The SMILES string of the molecule is C=CCCCCCCCCCCCCCCCC(=O)OC[C@H](CO[C@H]1O[C@H](CS(=O)(=O)O)[C@@H](O)C(O)C1O)OC(=O)CCCC/C=C/C/C=C/C/C=C/C/C=C/CC. The van der Waals surface area contributed by atoms with Crippen LogP contribution in [0.4, 0.5) is 0 Å². The number of unbranched alkanes of at least 4 members (excludes halogenated alkanes) is 15. The van der Waals surface area contributed by atoms with Crippen molar-refractivity contribution in [3.8, 4) is 0 Å². The van der Waals surface area contributed by atoms with Gasteiger partial charge in [-0.05, 0) is 64.2 Å². The van der Waals surface area contributed by atoms with Crippen LogP contribution in [0.25, 0.3) is 0 Å². The quantitative estimate of drug-likeness (QED) is 0.0204. The van der Waals surface area contributed by atoms with Crippen LogP contribution in [0, 0.1) is 0 Å². The fourth-order valence-electron chi connectivity index (χ4n) is 6.35. The molecule has 58 heavy (non-hydrogen) atoms. The van der Waals surface area contributed by atoms with Crippen LogP contribution in [0.2, 0.25) is 0 Å². The first kappa shape index (κ1) is 53.4. The van der Waals surface area contributed by atoms with Gasteiger partial charge in [-0.25, -0.2) is 0 Å². The Hall–Kier alpha value is -2.65. The molecule has 1 rings (SSSR count). The predicted molar refractivity (Wildman–Crippen MR) is 229 cm³/mol. The monoisotopic (exact) mass is 841 g/mol. The molecule has 2 unspecified atom stereocenters. The molecule has 0 aromatic rings. The Kier molecular flexibility index (Phi) is 32.3. The molecule has 1 aliphatic heterocycles. The summed E-state index contributed by atoms with van der Waals surface area (Å²) in [5, 5.41) is 30.8. The molecule has 0 radical (unpaired) electrons. The van der Waals surface area contributed by atoms with Crippen LogP contribution in [-0.2, 0) is 38.7 Å².